The number of carbonyl (C=O) groups excluding carboxylic acids is 1. The van der Waals surface area contributed by atoms with Crippen molar-refractivity contribution in [1.82, 2.24) is 10.2 Å². The zero-order valence-electron chi connectivity index (χ0n) is 11.0. The first-order chi connectivity index (χ1) is 9.13. The van der Waals surface area contributed by atoms with Gasteiger partial charge in [-0.05, 0) is 67.0 Å². The standard InChI is InChI=1S/C14H19BrN2OS/c1-2-17(10-5-7-16-8-6-10)14(18)12-9-11(19)3-4-13(12)15/h3-4,9-10,16,19H,2,5-8H2,1H3. The van der Waals surface area contributed by atoms with Crippen LogP contribution in [-0.2, 0) is 0 Å². The molecule has 1 fully saturated rings. The van der Waals surface area contributed by atoms with Crippen LogP contribution in [0.4, 0.5) is 0 Å². The molecule has 0 bridgehead atoms. The van der Waals surface area contributed by atoms with Crippen molar-refractivity contribution >= 4 is 34.5 Å². The zero-order chi connectivity index (χ0) is 13.8. The number of hydrogen-bond acceptors (Lipinski definition) is 3. The predicted octanol–water partition coefficient (Wildman–Crippen LogP) is 2.95. The Kier molecular flexibility index (Phi) is 5.30. The van der Waals surface area contributed by atoms with E-state index in [4.69, 9.17) is 0 Å². The number of halogens is 1. The summed E-state index contributed by atoms with van der Waals surface area (Å²) in [5.74, 6) is 0.0946. The van der Waals surface area contributed by atoms with E-state index in [9.17, 15) is 4.79 Å². The molecule has 1 saturated heterocycles. The molecule has 104 valence electrons. The van der Waals surface area contributed by atoms with E-state index in [0.717, 1.165) is 41.8 Å². The molecule has 1 heterocycles. The van der Waals surface area contributed by atoms with Gasteiger partial charge in [-0.25, -0.2) is 0 Å². The molecular weight excluding hydrogens is 324 g/mol. The van der Waals surface area contributed by atoms with Crippen LogP contribution in [0.15, 0.2) is 27.6 Å². The Hall–Kier alpha value is -0.520. The number of hydrogen-bond donors (Lipinski definition) is 2. The van der Waals surface area contributed by atoms with Crippen molar-refractivity contribution < 1.29 is 4.79 Å². The highest BCUT2D eigenvalue weighted by molar-refractivity contribution is 9.10. The van der Waals surface area contributed by atoms with Gasteiger partial charge in [0, 0.05) is 22.0 Å². The van der Waals surface area contributed by atoms with Gasteiger partial charge in [-0.1, -0.05) is 0 Å². The Bertz CT molecular complexity index is 461. The number of rotatable bonds is 3. The summed E-state index contributed by atoms with van der Waals surface area (Å²) in [6.07, 6.45) is 2.05. The van der Waals surface area contributed by atoms with Crippen molar-refractivity contribution in [1.29, 1.82) is 0 Å². The van der Waals surface area contributed by atoms with Crippen molar-refractivity contribution in [3.63, 3.8) is 0 Å². The Morgan fingerprint density at radius 3 is 2.79 bits per heavy atom. The van der Waals surface area contributed by atoms with Gasteiger partial charge in [0.1, 0.15) is 0 Å². The van der Waals surface area contributed by atoms with Crippen molar-refractivity contribution in [2.75, 3.05) is 19.6 Å². The van der Waals surface area contributed by atoms with Gasteiger partial charge in [0.2, 0.25) is 0 Å². The smallest absolute Gasteiger partial charge is 0.255 e. The maximum Gasteiger partial charge on any atom is 0.255 e. The van der Waals surface area contributed by atoms with E-state index < -0.39 is 0 Å². The molecule has 3 nitrogen and oxygen atoms in total. The van der Waals surface area contributed by atoms with Crippen LogP contribution in [0, 0.1) is 0 Å². The monoisotopic (exact) mass is 342 g/mol. The minimum absolute atomic E-state index is 0.0946. The first-order valence-corrected chi connectivity index (χ1v) is 7.87. The third-order valence-electron chi connectivity index (χ3n) is 3.53. The summed E-state index contributed by atoms with van der Waals surface area (Å²) >= 11 is 7.78. The summed E-state index contributed by atoms with van der Waals surface area (Å²) in [7, 11) is 0. The Morgan fingerprint density at radius 1 is 1.47 bits per heavy atom. The molecule has 0 atom stereocenters. The van der Waals surface area contributed by atoms with Crippen molar-refractivity contribution in [2.24, 2.45) is 0 Å². The maximum atomic E-state index is 12.7. The van der Waals surface area contributed by atoms with Gasteiger partial charge < -0.3 is 10.2 Å². The second-order valence-corrected chi connectivity index (χ2v) is 6.11. The van der Waals surface area contributed by atoms with Gasteiger partial charge in [0.25, 0.3) is 5.91 Å². The average molecular weight is 343 g/mol. The molecule has 0 spiro atoms. The van der Waals surface area contributed by atoms with Crippen molar-refractivity contribution in [2.45, 2.75) is 30.7 Å². The molecular formula is C14H19BrN2OS. The van der Waals surface area contributed by atoms with E-state index in [1.54, 1.807) is 0 Å². The number of benzene rings is 1. The van der Waals surface area contributed by atoms with E-state index in [1.165, 1.54) is 0 Å². The predicted molar refractivity (Wildman–Crippen MR) is 84.0 cm³/mol. The lowest BCUT2D eigenvalue weighted by atomic mass is 10.0. The first kappa shape index (κ1) is 14.9. The van der Waals surface area contributed by atoms with Gasteiger partial charge >= 0.3 is 0 Å². The van der Waals surface area contributed by atoms with Crippen molar-refractivity contribution in [3.8, 4) is 0 Å². The van der Waals surface area contributed by atoms with Crippen LogP contribution in [-0.4, -0.2) is 36.5 Å². The second-order valence-electron chi connectivity index (χ2n) is 4.74. The third-order valence-corrected chi connectivity index (χ3v) is 4.50. The first-order valence-electron chi connectivity index (χ1n) is 6.63. The van der Waals surface area contributed by atoms with E-state index in [-0.39, 0.29) is 5.91 Å². The largest absolute Gasteiger partial charge is 0.336 e. The minimum atomic E-state index is 0.0946. The fourth-order valence-electron chi connectivity index (χ4n) is 2.52. The molecule has 0 unspecified atom stereocenters. The van der Waals surface area contributed by atoms with Crippen molar-refractivity contribution in [3.05, 3.63) is 28.2 Å². The Balaban J connectivity index is 2.22. The average Bonchev–Trinajstić information content (AvgIpc) is 2.43. The fourth-order valence-corrected chi connectivity index (χ4v) is 3.14. The Labute approximate surface area is 128 Å². The highest BCUT2D eigenvalue weighted by Gasteiger charge is 2.26. The summed E-state index contributed by atoms with van der Waals surface area (Å²) in [4.78, 5) is 15.5. The summed E-state index contributed by atoms with van der Waals surface area (Å²) in [6.45, 7) is 4.76. The molecule has 1 aromatic carbocycles. The summed E-state index contributed by atoms with van der Waals surface area (Å²) in [5.41, 5.74) is 0.702. The lowest BCUT2D eigenvalue weighted by Crippen LogP contribution is -2.46. The van der Waals surface area contributed by atoms with Gasteiger partial charge in [0.15, 0.2) is 0 Å². The number of thiol groups is 1. The number of amides is 1. The van der Waals surface area contributed by atoms with E-state index in [0.29, 0.717) is 11.6 Å². The van der Waals surface area contributed by atoms with Gasteiger partial charge in [0.05, 0.1) is 5.56 Å². The normalized spacial score (nSPS) is 16.4. The number of nitrogens with one attached hydrogen (secondary N) is 1. The molecule has 19 heavy (non-hydrogen) atoms. The van der Waals surface area contributed by atoms with Gasteiger partial charge in [-0.2, -0.15) is 0 Å². The molecule has 1 N–H and O–H groups in total. The lowest BCUT2D eigenvalue weighted by Gasteiger charge is -2.34. The molecule has 1 aromatic rings. The van der Waals surface area contributed by atoms with Crippen LogP contribution in [0.25, 0.3) is 0 Å². The molecule has 0 aromatic heterocycles. The molecule has 0 saturated carbocycles. The molecule has 5 heteroatoms. The number of piperidine rings is 1. The Morgan fingerprint density at radius 2 is 2.16 bits per heavy atom. The van der Waals surface area contributed by atoms with Crippen LogP contribution in [0.1, 0.15) is 30.1 Å². The highest BCUT2D eigenvalue weighted by atomic mass is 79.9. The highest BCUT2D eigenvalue weighted by Crippen LogP contribution is 2.24. The molecule has 1 aliphatic rings. The number of carbonyl (C=O) groups is 1. The minimum Gasteiger partial charge on any atom is -0.336 e. The topological polar surface area (TPSA) is 32.3 Å². The second kappa shape index (κ2) is 6.77. The van der Waals surface area contributed by atoms with E-state index in [1.807, 2.05) is 30.0 Å². The number of nitrogens with zero attached hydrogens (tertiary/aromatic N) is 1. The quantitative estimate of drug-likeness (QED) is 0.827. The molecule has 0 radical (unpaired) electrons. The molecule has 1 aliphatic heterocycles. The van der Waals surface area contributed by atoms with Crippen LogP contribution < -0.4 is 5.32 Å². The molecule has 2 rings (SSSR count). The third kappa shape index (κ3) is 3.52. The fraction of sp³-hybridized carbons (Fsp3) is 0.500. The van der Waals surface area contributed by atoms with Gasteiger partial charge in [-0.3, -0.25) is 4.79 Å². The molecule has 0 aliphatic carbocycles. The van der Waals surface area contributed by atoms with E-state index >= 15 is 0 Å². The lowest BCUT2D eigenvalue weighted by molar-refractivity contribution is 0.0655. The van der Waals surface area contributed by atoms with Gasteiger partial charge in [-0.15, -0.1) is 12.6 Å². The zero-order valence-corrected chi connectivity index (χ0v) is 13.5. The van der Waals surface area contributed by atoms with E-state index in [2.05, 4.69) is 33.9 Å². The van der Waals surface area contributed by atoms with Crippen LogP contribution in [0.3, 0.4) is 0 Å². The van der Waals surface area contributed by atoms with Crippen LogP contribution in [0.5, 0.6) is 0 Å². The summed E-state index contributed by atoms with van der Waals surface area (Å²) in [5, 5.41) is 3.33. The summed E-state index contributed by atoms with van der Waals surface area (Å²) < 4.78 is 0.836. The summed E-state index contributed by atoms with van der Waals surface area (Å²) in [6, 6.07) is 5.94. The maximum absolute atomic E-state index is 12.7. The van der Waals surface area contributed by atoms with Crippen LogP contribution >= 0.6 is 28.6 Å². The molecule has 1 amide bonds. The van der Waals surface area contributed by atoms with Crippen LogP contribution in [0.2, 0.25) is 0 Å². The SMILES string of the molecule is CCN(C(=O)c1cc(S)ccc1Br)C1CCNCC1.